The Morgan fingerprint density at radius 2 is 1.52 bits per heavy atom. The number of likely N-dealkylation sites (N-methyl/N-ethyl adjacent to an activating group) is 1. The van der Waals surface area contributed by atoms with Crippen LogP contribution in [0.2, 0.25) is 0 Å². The summed E-state index contributed by atoms with van der Waals surface area (Å²) in [7, 11) is -1.71. The van der Waals surface area contributed by atoms with E-state index in [-0.39, 0.29) is 16.4 Å². The van der Waals surface area contributed by atoms with E-state index in [2.05, 4.69) is 0 Å². The minimum atomic E-state index is -4.54. The smallest absolute Gasteiger partial charge is 0.419 e. The second-order valence-corrected chi connectivity index (χ2v) is 8.21. The van der Waals surface area contributed by atoms with Crippen molar-refractivity contribution in [1.29, 1.82) is 0 Å². The van der Waals surface area contributed by atoms with E-state index in [0.29, 0.717) is 26.2 Å². The van der Waals surface area contributed by atoms with Gasteiger partial charge in [0.15, 0.2) is 0 Å². The average molecular weight is 400 g/mol. The number of ether oxygens (including phenoxy) is 1. The molecule has 1 fully saturated rings. The third-order valence-corrected chi connectivity index (χ3v) is 6.26. The van der Waals surface area contributed by atoms with E-state index in [4.69, 9.17) is 4.74 Å². The topological polar surface area (TPSA) is 49.9 Å². The van der Waals surface area contributed by atoms with Crippen molar-refractivity contribution in [3.63, 3.8) is 0 Å². The van der Waals surface area contributed by atoms with Crippen LogP contribution in [0.15, 0.2) is 53.4 Å². The molecule has 1 aliphatic rings. The van der Waals surface area contributed by atoms with Crippen LogP contribution in [0.25, 0.3) is 0 Å². The highest BCUT2D eigenvalue weighted by Gasteiger charge is 2.34. The quantitative estimate of drug-likeness (QED) is 0.789. The van der Waals surface area contributed by atoms with Gasteiger partial charge in [-0.15, -0.1) is 0 Å². The summed E-state index contributed by atoms with van der Waals surface area (Å²) in [5.41, 5.74) is -0.890. The fraction of sp³-hybridized carbons (Fsp3) is 0.333. The Labute approximate surface area is 156 Å². The fourth-order valence-electron chi connectivity index (χ4n) is 2.77. The van der Waals surface area contributed by atoms with Crippen molar-refractivity contribution >= 4 is 10.0 Å². The molecule has 5 nitrogen and oxygen atoms in total. The molecule has 0 aliphatic carbocycles. The predicted molar refractivity (Wildman–Crippen MR) is 94.2 cm³/mol. The molecule has 0 unspecified atom stereocenters. The van der Waals surface area contributed by atoms with E-state index in [1.54, 1.807) is 0 Å². The summed E-state index contributed by atoms with van der Waals surface area (Å²) in [6.07, 6.45) is -4.54. The van der Waals surface area contributed by atoms with Crippen LogP contribution in [0.3, 0.4) is 0 Å². The number of benzene rings is 2. The van der Waals surface area contributed by atoms with Crippen LogP contribution in [0.1, 0.15) is 5.56 Å². The highest BCUT2D eigenvalue weighted by molar-refractivity contribution is 7.89. The number of rotatable bonds is 4. The summed E-state index contributed by atoms with van der Waals surface area (Å²) >= 11 is 0. The van der Waals surface area contributed by atoms with E-state index >= 15 is 0 Å². The fourth-order valence-corrected chi connectivity index (χ4v) is 4.20. The molecule has 0 amide bonds. The first-order valence-corrected chi connectivity index (χ1v) is 9.75. The number of alkyl halides is 3. The first kappa shape index (κ1) is 19.7. The second-order valence-electron chi connectivity index (χ2n) is 6.27. The zero-order valence-electron chi connectivity index (χ0n) is 14.6. The maximum absolute atomic E-state index is 13.0. The highest BCUT2D eigenvalue weighted by Crippen LogP contribution is 2.38. The molecule has 146 valence electrons. The van der Waals surface area contributed by atoms with Crippen LogP contribution < -0.4 is 4.74 Å². The molecule has 1 saturated heterocycles. The largest absolute Gasteiger partial charge is 0.457 e. The maximum atomic E-state index is 13.0. The third-order valence-electron chi connectivity index (χ3n) is 4.34. The minimum absolute atomic E-state index is 0.0866. The van der Waals surface area contributed by atoms with Gasteiger partial charge in [0.05, 0.1) is 10.5 Å². The van der Waals surface area contributed by atoms with Crippen LogP contribution in [0.5, 0.6) is 11.5 Å². The van der Waals surface area contributed by atoms with Gasteiger partial charge in [0, 0.05) is 26.2 Å². The van der Waals surface area contributed by atoms with Crippen LogP contribution >= 0.6 is 0 Å². The Morgan fingerprint density at radius 1 is 0.926 bits per heavy atom. The zero-order valence-corrected chi connectivity index (χ0v) is 15.4. The van der Waals surface area contributed by atoms with Crippen molar-refractivity contribution in [2.45, 2.75) is 11.1 Å². The van der Waals surface area contributed by atoms with Gasteiger partial charge in [-0.05, 0) is 43.4 Å². The summed E-state index contributed by atoms with van der Waals surface area (Å²) in [6.45, 7) is 2.09. The molecule has 0 bridgehead atoms. The highest BCUT2D eigenvalue weighted by atomic mass is 32.2. The number of sulfonamides is 1. The van der Waals surface area contributed by atoms with E-state index in [0.717, 1.165) is 6.07 Å². The monoisotopic (exact) mass is 400 g/mol. The molecule has 0 radical (unpaired) electrons. The maximum Gasteiger partial charge on any atom is 0.419 e. The number of halogens is 3. The van der Waals surface area contributed by atoms with Gasteiger partial charge in [0.2, 0.25) is 10.0 Å². The Balaban J connectivity index is 1.79. The van der Waals surface area contributed by atoms with Gasteiger partial charge in [0.1, 0.15) is 11.5 Å². The summed E-state index contributed by atoms with van der Waals surface area (Å²) in [4.78, 5) is 2.13. The van der Waals surface area contributed by atoms with Gasteiger partial charge in [-0.25, -0.2) is 8.42 Å². The molecule has 1 heterocycles. The molecule has 2 aromatic rings. The van der Waals surface area contributed by atoms with Gasteiger partial charge in [-0.2, -0.15) is 17.5 Å². The number of hydrogen-bond acceptors (Lipinski definition) is 4. The Bertz CT molecular complexity index is 891. The van der Waals surface area contributed by atoms with E-state index < -0.39 is 21.8 Å². The van der Waals surface area contributed by atoms with Crippen molar-refractivity contribution in [3.8, 4) is 11.5 Å². The molecule has 0 atom stereocenters. The zero-order chi connectivity index (χ0) is 19.7. The average Bonchev–Trinajstić information content (AvgIpc) is 2.62. The van der Waals surface area contributed by atoms with Crippen molar-refractivity contribution in [2.75, 3.05) is 33.2 Å². The lowest BCUT2D eigenvalue weighted by atomic mass is 10.2. The molecule has 2 aromatic carbocycles. The van der Waals surface area contributed by atoms with Gasteiger partial charge >= 0.3 is 6.18 Å². The third kappa shape index (κ3) is 4.42. The SMILES string of the molecule is CN1CCN(S(=O)(=O)c2ccc(Oc3ccccc3C(F)(F)F)cc2)CC1. The van der Waals surface area contributed by atoms with Crippen LogP contribution in [0.4, 0.5) is 13.2 Å². The number of hydrogen-bond donors (Lipinski definition) is 0. The molecule has 0 N–H and O–H groups in total. The predicted octanol–water partition coefficient (Wildman–Crippen LogP) is 3.43. The second kappa shape index (κ2) is 7.49. The van der Waals surface area contributed by atoms with Crippen LogP contribution in [0, 0.1) is 0 Å². The van der Waals surface area contributed by atoms with Crippen molar-refractivity contribution in [3.05, 3.63) is 54.1 Å². The van der Waals surface area contributed by atoms with Crippen molar-refractivity contribution < 1.29 is 26.3 Å². The van der Waals surface area contributed by atoms with Crippen molar-refractivity contribution in [2.24, 2.45) is 0 Å². The Morgan fingerprint density at radius 3 is 2.11 bits per heavy atom. The van der Waals surface area contributed by atoms with E-state index in [1.807, 2.05) is 11.9 Å². The summed E-state index contributed by atoms with van der Waals surface area (Å²) in [5, 5.41) is 0. The first-order valence-electron chi connectivity index (χ1n) is 8.31. The molecule has 0 aromatic heterocycles. The molecule has 9 heteroatoms. The lowest BCUT2D eigenvalue weighted by Crippen LogP contribution is -2.46. The molecule has 0 spiro atoms. The number of para-hydroxylation sites is 1. The molecule has 27 heavy (non-hydrogen) atoms. The molecular formula is C18H19F3N2O3S. The van der Waals surface area contributed by atoms with Gasteiger partial charge in [-0.1, -0.05) is 12.1 Å². The molecular weight excluding hydrogens is 381 g/mol. The van der Waals surface area contributed by atoms with E-state index in [1.165, 1.54) is 46.8 Å². The van der Waals surface area contributed by atoms with Crippen LogP contribution in [-0.4, -0.2) is 50.8 Å². The molecule has 0 saturated carbocycles. The van der Waals surface area contributed by atoms with Crippen molar-refractivity contribution in [1.82, 2.24) is 9.21 Å². The molecule has 1 aliphatic heterocycles. The van der Waals surface area contributed by atoms with E-state index in [9.17, 15) is 21.6 Å². The van der Waals surface area contributed by atoms with Crippen LogP contribution in [-0.2, 0) is 16.2 Å². The normalized spacial score (nSPS) is 17.0. The number of piperazine rings is 1. The Kier molecular flexibility index (Phi) is 5.45. The summed E-state index contributed by atoms with van der Waals surface area (Å²) in [5.74, 6) is -0.205. The van der Waals surface area contributed by atoms with Gasteiger partial charge in [-0.3, -0.25) is 0 Å². The molecule has 3 rings (SSSR count). The lowest BCUT2D eigenvalue weighted by molar-refractivity contribution is -0.138. The van der Waals surface area contributed by atoms with Gasteiger partial charge < -0.3 is 9.64 Å². The first-order chi connectivity index (χ1) is 12.7. The minimum Gasteiger partial charge on any atom is -0.457 e. The summed E-state index contributed by atoms with van der Waals surface area (Å²) in [6, 6.07) is 10.3. The van der Waals surface area contributed by atoms with Gasteiger partial charge in [0.25, 0.3) is 0 Å². The lowest BCUT2D eigenvalue weighted by Gasteiger charge is -2.31. The Hall–Kier alpha value is -2.10. The number of nitrogens with zero attached hydrogens (tertiary/aromatic N) is 2. The summed E-state index contributed by atoms with van der Waals surface area (Å²) < 4.78 is 71.2. The standard InChI is InChI=1S/C18H19F3N2O3S/c1-22-10-12-23(13-11-22)27(24,25)15-8-6-14(7-9-15)26-17-5-3-2-4-16(17)18(19,20)21/h2-9H,10-13H2,1H3.